The molecule has 1 fully saturated rings. The molecule has 0 spiro atoms. The third-order valence-corrected chi connectivity index (χ3v) is 6.68. The second-order valence-corrected chi connectivity index (χ2v) is 9.35. The highest BCUT2D eigenvalue weighted by atomic mass is 32.1. The highest BCUT2D eigenvalue weighted by molar-refractivity contribution is 7.10. The van der Waals surface area contributed by atoms with Gasteiger partial charge < -0.3 is 5.32 Å². The number of aryl methyl sites for hydroxylation is 2. The van der Waals surface area contributed by atoms with E-state index in [0.717, 1.165) is 41.7 Å². The summed E-state index contributed by atoms with van der Waals surface area (Å²) in [7, 11) is 0. The summed E-state index contributed by atoms with van der Waals surface area (Å²) < 4.78 is 0. The molecule has 1 atom stereocenters. The first-order chi connectivity index (χ1) is 15.5. The fourth-order valence-electron chi connectivity index (χ4n) is 4.35. The topological polar surface area (TPSA) is 75.2 Å². The number of benzene rings is 1. The van der Waals surface area contributed by atoms with E-state index in [4.69, 9.17) is 0 Å². The number of anilines is 1. The number of amides is 2. The molecule has 3 aromatic rings. The van der Waals surface area contributed by atoms with Gasteiger partial charge in [0.2, 0.25) is 5.91 Å². The zero-order chi connectivity index (χ0) is 22.5. The molecule has 4 rings (SSSR count). The van der Waals surface area contributed by atoms with E-state index in [-0.39, 0.29) is 23.6 Å². The molecule has 1 aromatic carbocycles. The Balaban J connectivity index is 1.79. The van der Waals surface area contributed by atoms with Gasteiger partial charge >= 0.3 is 0 Å². The maximum Gasteiger partial charge on any atom is 0.279 e. The van der Waals surface area contributed by atoms with Crippen molar-refractivity contribution in [2.45, 2.75) is 58.0 Å². The van der Waals surface area contributed by atoms with Gasteiger partial charge in [0.05, 0.1) is 6.20 Å². The van der Waals surface area contributed by atoms with E-state index in [9.17, 15) is 9.59 Å². The van der Waals surface area contributed by atoms with Gasteiger partial charge in [-0.25, -0.2) is 4.98 Å². The van der Waals surface area contributed by atoms with Crippen molar-refractivity contribution in [1.29, 1.82) is 0 Å². The lowest BCUT2D eigenvalue weighted by atomic mass is 9.95. The molecule has 1 aliphatic carbocycles. The Morgan fingerprint density at radius 3 is 2.47 bits per heavy atom. The number of hydrogen-bond donors (Lipinski definition) is 1. The van der Waals surface area contributed by atoms with Crippen LogP contribution in [0.15, 0.2) is 54.3 Å². The van der Waals surface area contributed by atoms with Gasteiger partial charge in [0, 0.05) is 29.0 Å². The predicted octanol–water partition coefficient (Wildman–Crippen LogP) is 4.99. The van der Waals surface area contributed by atoms with Crippen LogP contribution in [0, 0.1) is 13.8 Å². The summed E-state index contributed by atoms with van der Waals surface area (Å²) in [6.45, 7) is 3.98. The van der Waals surface area contributed by atoms with E-state index in [2.05, 4.69) is 21.4 Å². The molecule has 0 radical (unpaired) electrons. The second kappa shape index (κ2) is 10.0. The first-order valence-corrected chi connectivity index (χ1v) is 11.9. The van der Waals surface area contributed by atoms with Crippen LogP contribution in [0.4, 0.5) is 5.69 Å². The predicted molar refractivity (Wildman–Crippen MR) is 127 cm³/mol. The van der Waals surface area contributed by atoms with Crippen molar-refractivity contribution >= 4 is 28.8 Å². The van der Waals surface area contributed by atoms with E-state index in [1.165, 1.54) is 36.3 Å². The maximum absolute atomic E-state index is 13.7. The number of thiophene rings is 1. The van der Waals surface area contributed by atoms with Crippen LogP contribution in [0.1, 0.15) is 64.6 Å². The van der Waals surface area contributed by atoms with Crippen LogP contribution in [0.25, 0.3) is 0 Å². The molecule has 2 heterocycles. The van der Waals surface area contributed by atoms with Gasteiger partial charge in [0.25, 0.3) is 5.91 Å². The molecule has 0 aliphatic heterocycles. The van der Waals surface area contributed by atoms with Gasteiger partial charge in [0.1, 0.15) is 5.69 Å². The average Bonchev–Trinajstić information content (AvgIpc) is 3.31. The molecule has 0 saturated heterocycles. The molecule has 2 amide bonds. The molecule has 166 valence electrons. The Morgan fingerprint density at radius 2 is 1.84 bits per heavy atom. The van der Waals surface area contributed by atoms with Crippen LogP contribution < -0.4 is 10.2 Å². The summed E-state index contributed by atoms with van der Waals surface area (Å²) in [5.41, 5.74) is 2.93. The average molecular weight is 449 g/mol. The molecule has 0 bridgehead atoms. The van der Waals surface area contributed by atoms with E-state index >= 15 is 0 Å². The Morgan fingerprint density at radius 1 is 1.09 bits per heavy atom. The minimum atomic E-state index is -0.785. The van der Waals surface area contributed by atoms with Gasteiger partial charge in [-0.3, -0.25) is 19.5 Å². The molecule has 1 aliphatic rings. The van der Waals surface area contributed by atoms with Crippen LogP contribution >= 0.6 is 11.3 Å². The highest BCUT2D eigenvalue weighted by Crippen LogP contribution is 2.33. The van der Waals surface area contributed by atoms with Crippen molar-refractivity contribution in [2.24, 2.45) is 0 Å². The maximum atomic E-state index is 13.7. The second-order valence-electron chi connectivity index (χ2n) is 8.37. The van der Waals surface area contributed by atoms with Crippen LogP contribution in [0.3, 0.4) is 0 Å². The zero-order valence-electron chi connectivity index (χ0n) is 18.5. The number of hydrogen-bond acceptors (Lipinski definition) is 5. The van der Waals surface area contributed by atoms with Crippen molar-refractivity contribution in [2.75, 3.05) is 4.90 Å². The molecule has 1 saturated carbocycles. The lowest BCUT2D eigenvalue weighted by Crippen LogP contribution is -2.47. The first-order valence-electron chi connectivity index (χ1n) is 11.0. The summed E-state index contributed by atoms with van der Waals surface area (Å²) in [4.78, 5) is 38.1. The molecular formula is C25H28N4O2S. The minimum absolute atomic E-state index is 0.145. The van der Waals surface area contributed by atoms with E-state index in [0.29, 0.717) is 5.69 Å². The summed E-state index contributed by atoms with van der Waals surface area (Å²) in [6, 6.07) is 9.12. The van der Waals surface area contributed by atoms with Gasteiger partial charge in [0.15, 0.2) is 6.04 Å². The first kappa shape index (κ1) is 22.1. The molecule has 32 heavy (non-hydrogen) atoms. The van der Waals surface area contributed by atoms with Crippen LogP contribution in [0.5, 0.6) is 0 Å². The SMILES string of the molecule is Cc1cc(C)cc(N(C(=O)c2cnccn2)C(C(=O)NC2CCCCC2)c2cccs2)c1. The molecule has 7 heteroatoms. The Hall–Kier alpha value is -3.06. The van der Waals surface area contributed by atoms with Gasteiger partial charge in [-0.2, -0.15) is 0 Å². The van der Waals surface area contributed by atoms with Crippen molar-refractivity contribution < 1.29 is 9.59 Å². The standard InChI is InChI=1S/C25H28N4O2S/c1-17-13-18(2)15-20(14-17)29(25(31)21-16-26-10-11-27-21)23(22-9-6-12-32-22)24(30)28-19-7-4-3-5-8-19/h6,9-16,19,23H,3-5,7-8H2,1-2H3,(H,28,30). The third-order valence-electron chi connectivity index (χ3n) is 5.76. The largest absolute Gasteiger partial charge is 0.351 e. The number of nitrogens with one attached hydrogen (secondary N) is 1. The monoisotopic (exact) mass is 448 g/mol. The quantitative estimate of drug-likeness (QED) is 0.576. The lowest BCUT2D eigenvalue weighted by Gasteiger charge is -2.32. The summed E-state index contributed by atoms with van der Waals surface area (Å²) in [5.74, 6) is -0.504. The number of aromatic nitrogens is 2. The lowest BCUT2D eigenvalue weighted by molar-refractivity contribution is -0.123. The summed E-state index contributed by atoms with van der Waals surface area (Å²) in [6.07, 6.45) is 9.87. The van der Waals surface area contributed by atoms with E-state index in [1.54, 1.807) is 4.90 Å². The van der Waals surface area contributed by atoms with Crippen LogP contribution in [0.2, 0.25) is 0 Å². The molecule has 1 unspecified atom stereocenters. The van der Waals surface area contributed by atoms with Crippen molar-refractivity contribution in [3.63, 3.8) is 0 Å². The zero-order valence-corrected chi connectivity index (χ0v) is 19.3. The number of carbonyl (C=O) groups is 2. The fourth-order valence-corrected chi connectivity index (χ4v) is 5.17. The summed E-state index contributed by atoms with van der Waals surface area (Å²) >= 11 is 1.47. The van der Waals surface area contributed by atoms with Crippen LogP contribution in [-0.2, 0) is 4.79 Å². The van der Waals surface area contributed by atoms with Gasteiger partial charge in [-0.15, -0.1) is 11.3 Å². The number of carbonyl (C=O) groups excluding carboxylic acids is 2. The Labute approximate surface area is 192 Å². The van der Waals surface area contributed by atoms with Gasteiger partial charge in [-0.1, -0.05) is 31.4 Å². The smallest absolute Gasteiger partial charge is 0.279 e. The Kier molecular flexibility index (Phi) is 6.95. The third kappa shape index (κ3) is 5.05. The minimum Gasteiger partial charge on any atom is -0.351 e. The Bertz CT molecular complexity index is 1040. The van der Waals surface area contributed by atoms with Crippen molar-refractivity contribution in [3.05, 3.63) is 76.0 Å². The summed E-state index contributed by atoms with van der Waals surface area (Å²) in [5, 5.41) is 5.16. The molecule has 1 N–H and O–H groups in total. The van der Waals surface area contributed by atoms with Crippen LogP contribution in [-0.4, -0.2) is 27.8 Å². The normalized spacial score (nSPS) is 15.2. The van der Waals surface area contributed by atoms with E-state index in [1.807, 2.05) is 43.5 Å². The molecule has 6 nitrogen and oxygen atoms in total. The number of nitrogens with zero attached hydrogens (tertiary/aromatic N) is 3. The van der Waals surface area contributed by atoms with E-state index < -0.39 is 6.04 Å². The van der Waals surface area contributed by atoms with Gasteiger partial charge in [-0.05, 0) is 61.4 Å². The highest BCUT2D eigenvalue weighted by Gasteiger charge is 2.36. The molecule has 2 aromatic heterocycles. The van der Waals surface area contributed by atoms with Crippen molar-refractivity contribution in [3.8, 4) is 0 Å². The van der Waals surface area contributed by atoms with Crippen molar-refractivity contribution in [1.82, 2.24) is 15.3 Å². The number of rotatable bonds is 6. The fraction of sp³-hybridized carbons (Fsp3) is 0.360. The molecular weight excluding hydrogens is 420 g/mol.